The Bertz CT molecular complexity index is 1220. The van der Waals surface area contributed by atoms with Crippen LogP contribution in [0.3, 0.4) is 0 Å². The molecule has 2 amide bonds. The molecule has 1 unspecified atom stereocenters. The van der Waals surface area contributed by atoms with Crippen LogP contribution in [0.4, 0.5) is 11.4 Å². The van der Waals surface area contributed by atoms with Gasteiger partial charge in [-0.05, 0) is 56.7 Å². The van der Waals surface area contributed by atoms with Gasteiger partial charge in [0.25, 0.3) is 11.8 Å². The average Bonchev–Trinajstić information content (AvgIpc) is 3.24. The van der Waals surface area contributed by atoms with Crippen molar-refractivity contribution in [2.75, 3.05) is 5.32 Å². The van der Waals surface area contributed by atoms with Crippen molar-refractivity contribution in [3.8, 4) is 5.75 Å². The summed E-state index contributed by atoms with van der Waals surface area (Å²) in [6, 6.07) is 16.0. The molecule has 0 aliphatic heterocycles. The maximum Gasteiger partial charge on any atom is 0.310 e. The Morgan fingerprint density at radius 3 is 2.58 bits per heavy atom. The Balaban J connectivity index is 1.63. The van der Waals surface area contributed by atoms with Crippen molar-refractivity contribution in [1.82, 2.24) is 5.43 Å². The van der Waals surface area contributed by atoms with Gasteiger partial charge < -0.3 is 14.5 Å². The molecule has 0 saturated carbocycles. The van der Waals surface area contributed by atoms with E-state index >= 15 is 0 Å². The van der Waals surface area contributed by atoms with E-state index in [1.165, 1.54) is 25.1 Å². The van der Waals surface area contributed by atoms with Crippen LogP contribution in [-0.2, 0) is 4.79 Å². The number of nitrogens with zero attached hydrogens (tertiary/aromatic N) is 2. The number of para-hydroxylation sites is 2. The third-order valence-electron chi connectivity index (χ3n) is 4.57. The second-order valence-electron chi connectivity index (χ2n) is 7.10. The van der Waals surface area contributed by atoms with E-state index in [0.717, 1.165) is 0 Å². The molecular weight excluding hydrogens is 428 g/mol. The van der Waals surface area contributed by atoms with Crippen molar-refractivity contribution >= 4 is 28.9 Å². The molecule has 3 rings (SSSR count). The Hall–Kier alpha value is -4.47. The second kappa shape index (κ2) is 10.2. The molecule has 2 N–H and O–H groups in total. The number of aryl methyl sites for hydroxylation is 1. The van der Waals surface area contributed by atoms with Crippen LogP contribution in [0.25, 0.3) is 0 Å². The van der Waals surface area contributed by atoms with E-state index in [1.54, 1.807) is 56.3 Å². The lowest BCUT2D eigenvalue weighted by molar-refractivity contribution is -0.386. The van der Waals surface area contributed by atoms with Crippen LogP contribution in [0.15, 0.2) is 70.2 Å². The second-order valence-corrected chi connectivity index (χ2v) is 7.10. The quantitative estimate of drug-likeness (QED) is 0.302. The molecule has 0 radical (unpaired) electrons. The van der Waals surface area contributed by atoms with Crippen LogP contribution >= 0.6 is 0 Å². The SMILES string of the molecule is C/C(=N/NC(=O)C(C)Oc1ccccc1[N+](=O)[O-])c1cccc(NC(=O)c2ccc(C)o2)c1. The minimum atomic E-state index is -1.02. The van der Waals surface area contributed by atoms with E-state index in [1.807, 2.05) is 0 Å². The standard InChI is InChI=1S/C23H22N4O6/c1-14-11-12-21(32-14)23(29)24-18-8-6-7-17(13-18)15(2)25-26-22(28)16(3)33-20-10-5-4-9-19(20)27(30)31/h4-13,16H,1-3H3,(H,24,29)(H,26,28)/b25-15-. The van der Waals surface area contributed by atoms with E-state index in [4.69, 9.17) is 9.15 Å². The van der Waals surface area contributed by atoms with Crippen molar-refractivity contribution in [3.05, 3.63) is 87.9 Å². The van der Waals surface area contributed by atoms with Gasteiger partial charge in [0.15, 0.2) is 17.6 Å². The number of hydrogen-bond donors (Lipinski definition) is 2. The van der Waals surface area contributed by atoms with E-state index in [2.05, 4.69) is 15.8 Å². The van der Waals surface area contributed by atoms with Gasteiger partial charge in [-0.3, -0.25) is 19.7 Å². The highest BCUT2D eigenvalue weighted by molar-refractivity contribution is 6.04. The molecule has 0 spiro atoms. The molecule has 2 aromatic carbocycles. The summed E-state index contributed by atoms with van der Waals surface area (Å²) in [5, 5.41) is 17.9. The van der Waals surface area contributed by atoms with Crippen LogP contribution in [0.2, 0.25) is 0 Å². The van der Waals surface area contributed by atoms with Crippen LogP contribution in [0.5, 0.6) is 5.75 Å². The molecule has 1 aromatic heterocycles. The van der Waals surface area contributed by atoms with E-state index in [9.17, 15) is 19.7 Å². The number of carbonyl (C=O) groups excluding carboxylic acids is 2. The van der Waals surface area contributed by atoms with Crippen LogP contribution in [-0.4, -0.2) is 28.6 Å². The fourth-order valence-corrected chi connectivity index (χ4v) is 2.82. The molecule has 170 valence electrons. The molecule has 1 heterocycles. The van der Waals surface area contributed by atoms with Gasteiger partial charge in [0, 0.05) is 11.8 Å². The maximum atomic E-state index is 12.4. The van der Waals surface area contributed by atoms with E-state index in [0.29, 0.717) is 22.7 Å². The highest BCUT2D eigenvalue weighted by atomic mass is 16.6. The van der Waals surface area contributed by atoms with E-state index < -0.39 is 16.9 Å². The zero-order valence-electron chi connectivity index (χ0n) is 18.2. The zero-order valence-corrected chi connectivity index (χ0v) is 18.2. The first kappa shape index (κ1) is 23.2. The Morgan fingerprint density at radius 2 is 1.88 bits per heavy atom. The van der Waals surface area contributed by atoms with Crippen LogP contribution < -0.4 is 15.5 Å². The third-order valence-corrected chi connectivity index (χ3v) is 4.57. The number of furan rings is 1. The van der Waals surface area contributed by atoms with Gasteiger partial charge >= 0.3 is 5.69 Å². The normalized spacial score (nSPS) is 12.0. The predicted octanol–water partition coefficient (Wildman–Crippen LogP) is 4.06. The minimum Gasteiger partial charge on any atom is -0.474 e. The fraction of sp³-hybridized carbons (Fsp3) is 0.174. The summed E-state index contributed by atoms with van der Waals surface area (Å²) >= 11 is 0. The lowest BCUT2D eigenvalue weighted by Gasteiger charge is -2.13. The van der Waals surface area contributed by atoms with Crippen molar-refractivity contribution < 1.29 is 23.7 Å². The molecule has 0 fully saturated rings. The van der Waals surface area contributed by atoms with Gasteiger partial charge in [-0.1, -0.05) is 24.3 Å². The first-order chi connectivity index (χ1) is 15.7. The first-order valence-corrected chi connectivity index (χ1v) is 9.97. The van der Waals surface area contributed by atoms with Gasteiger partial charge in [-0.15, -0.1) is 0 Å². The Kier molecular flexibility index (Phi) is 7.19. The van der Waals surface area contributed by atoms with Crippen LogP contribution in [0, 0.1) is 17.0 Å². The van der Waals surface area contributed by atoms with E-state index in [-0.39, 0.29) is 23.1 Å². The summed E-state index contributed by atoms with van der Waals surface area (Å²) in [7, 11) is 0. The molecular formula is C23H22N4O6. The van der Waals surface area contributed by atoms with Gasteiger partial charge in [0.2, 0.25) is 0 Å². The van der Waals surface area contributed by atoms with Gasteiger partial charge in [-0.25, -0.2) is 5.43 Å². The summed E-state index contributed by atoms with van der Waals surface area (Å²) in [6.45, 7) is 4.90. The number of nitro benzene ring substituents is 1. The topological polar surface area (TPSA) is 136 Å². The van der Waals surface area contributed by atoms with Crippen molar-refractivity contribution in [3.63, 3.8) is 0 Å². The molecule has 33 heavy (non-hydrogen) atoms. The van der Waals surface area contributed by atoms with Gasteiger partial charge in [0.05, 0.1) is 10.6 Å². The molecule has 10 heteroatoms. The number of anilines is 1. The number of benzene rings is 2. The molecule has 0 aliphatic rings. The zero-order chi connectivity index (χ0) is 24.0. The number of nitro groups is 1. The maximum absolute atomic E-state index is 12.4. The number of ether oxygens (including phenoxy) is 1. The number of carbonyl (C=O) groups is 2. The Labute approximate surface area is 189 Å². The predicted molar refractivity (Wildman–Crippen MR) is 121 cm³/mol. The summed E-state index contributed by atoms with van der Waals surface area (Å²) in [5.41, 5.74) is 3.82. The number of amides is 2. The number of hydrogen-bond acceptors (Lipinski definition) is 7. The van der Waals surface area contributed by atoms with Gasteiger partial charge in [-0.2, -0.15) is 5.10 Å². The molecule has 1 atom stereocenters. The minimum absolute atomic E-state index is 0.0129. The molecule has 10 nitrogen and oxygen atoms in total. The lowest BCUT2D eigenvalue weighted by atomic mass is 10.1. The fourth-order valence-electron chi connectivity index (χ4n) is 2.82. The van der Waals surface area contributed by atoms with Crippen molar-refractivity contribution in [1.29, 1.82) is 0 Å². The highest BCUT2D eigenvalue weighted by Gasteiger charge is 2.20. The molecule has 3 aromatic rings. The van der Waals surface area contributed by atoms with Crippen molar-refractivity contribution in [2.24, 2.45) is 5.10 Å². The average molecular weight is 450 g/mol. The third kappa shape index (κ3) is 6.03. The first-order valence-electron chi connectivity index (χ1n) is 9.97. The largest absolute Gasteiger partial charge is 0.474 e. The van der Waals surface area contributed by atoms with Crippen LogP contribution in [0.1, 0.15) is 35.7 Å². The summed E-state index contributed by atoms with van der Waals surface area (Å²) in [4.78, 5) is 35.1. The number of hydrazone groups is 1. The van der Waals surface area contributed by atoms with Crippen molar-refractivity contribution in [2.45, 2.75) is 26.9 Å². The molecule has 0 bridgehead atoms. The summed E-state index contributed by atoms with van der Waals surface area (Å²) < 4.78 is 10.7. The van der Waals surface area contributed by atoms with Gasteiger partial charge in [0.1, 0.15) is 5.76 Å². The molecule has 0 aliphatic carbocycles. The lowest BCUT2D eigenvalue weighted by Crippen LogP contribution is -2.34. The number of nitrogens with one attached hydrogen (secondary N) is 2. The number of rotatable bonds is 8. The summed E-state index contributed by atoms with van der Waals surface area (Å²) in [5.74, 6) is -0.147. The molecule has 0 saturated heterocycles. The highest BCUT2D eigenvalue weighted by Crippen LogP contribution is 2.26. The monoisotopic (exact) mass is 450 g/mol. The smallest absolute Gasteiger partial charge is 0.310 e. The Morgan fingerprint density at radius 1 is 1.12 bits per heavy atom. The summed E-state index contributed by atoms with van der Waals surface area (Å²) in [6.07, 6.45) is -1.02.